The monoisotopic (exact) mass is 253 g/mol. The zero-order valence-electron chi connectivity index (χ0n) is 9.93. The van der Waals surface area contributed by atoms with Gasteiger partial charge in [0.2, 0.25) is 0 Å². The molecule has 2 heterocycles. The quantitative estimate of drug-likeness (QED) is 0.831. The van der Waals surface area contributed by atoms with E-state index in [2.05, 4.69) is 30.0 Å². The summed E-state index contributed by atoms with van der Waals surface area (Å²) in [7, 11) is 4.13. The van der Waals surface area contributed by atoms with Crippen molar-refractivity contribution in [3.63, 3.8) is 0 Å². The summed E-state index contributed by atoms with van der Waals surface area (Å²) in [5.74, 6) is 0. The van der Waals surface area contributed by atoms with Gasteiger partial charge in [-0.15, -0.1) is 12.4 Å². The van der Waals surface area contributed by atoms with E-state index in [0.717, 1.165) is 24.0 Å². The third-order valence-corrected chi connectivity index (χ3v) is 3.46. The van der Waals surface area contributed by atoms with Crippen LogP contribution in [0.3, 0.4) is 0 Å². The lowest BCUT2D eigenvalue weighted by Crippen LogP contribution is -2.39. The first-order valence-corrected chi connectivity index (χ1v) is 5.53. The molecular formula is C12H16ClN3O. The Hall–Kier alpha value is -1.26. The van der Waals surface area contributed by atoms with Crippen molar-refractivity contribution in [2.24, 2.45) is 0 Å². The molecule has 5 heteroatoms. The molecule has 17 heavy (non-hydrogen) atoms. The third kappa shape index (κ3) is 1.77. The average molecular weight is 254 g/mol. The third-order valence-electron chi connectivity index (χ3n) is 3.46. The maximum absolute atomic E-state index is 11.8. The summed E-state index contributed by atoms with van der Waals surface area (Å²) in [6, 6.07) is 6.50. The van der Waals surface area contributed by atoms with E-state index in [-0.39, 0.29) is 18.1 Å². The first-order chi connectivity index (χ1) is 7.66. The van der Waals surface area contributed by atoms with Gasteiger partial charge in [0.1, 0.15) is 0 Å². The van der Waals surface area contributed by atoms with Crippen LogP contribution >= 0.6 is 12.4 Å². The molecule has 1 atom stereocenters. The molecule has 1 N–H and O–H groups in total. The van der Waals surface area contributed by atoms with Crippen molar-refractivity contribution in [3.8, 4) is 0 Å². The zero-order valence-corrected chi connectivity index (χ0v) is 10.8. The van der Waals surface area contributed by atoms with Crippen LogP contribution in [0.4, 0.5) is 0 Å². The molecule has 0 bridgehead atoms. The lowest BCUT2D eigenvalue weighted by Gasteiger charge is -2.28. The Morgan fingerprint density at radius 1 is 1.41 bits per heavy atom. The Morgan fingerprint density at radius 3 is 2.88 bits per heavy atom. The Bertz CT molecular complexity index is 599. The molecule has 2 aromatic rings. The fourth-order valence-corrected chi connectivity index (χ4v) is 2.51. The molecule has 4 nitrogen and oxygen atoms in total. The summed E-state index contributed by atoms with van der Waals surface area (Å²) in [6.45, 7) is 0.781. The van der Waals surface area contributed by atoms with Crippen molar-refractivity contribution < 1.29 is 0 Å². The fourth-order valence-electron chi connectivity index (χ4n) is 2.51. The van der Waals surface area contributed by atoms with Crippen LogP contribution < -0.4 is 5.69 Å². The molecule has 1 aliphatic rings. The number of benzene rings is 1. The SMILES string of the molecule is CN(C)C1Cc2cccc3[nH]c(=O)n(c23)C1.Cl. The van der Waals surface area contributed by atoms with E-state index >= 15 is 0 Å². The minimum absolute atomic E-state index is 0. The van der Waals surface area contributed by atoms with E-state index in [1.165, 1.54) is 5.56 Å². The summed E-state index contributed by atoms with van der Waals surface area (Å²) in [5, 5.41) is 0. The predicted octanol–water partition coefficient (Wildman–Crippen LogP) is 1.24. The summed E-state index contributed by atoms with van der Waals surface area (Å²) in [5.41, 5.74) is 3.32. The van der Waals surface area contributed by atoms with Gasteiger partial charge in [0.15, 0.2) is 0 Å². The lowest BCUT2D eigenvalue weighted by atomic mass is 10.00. The van der Waals surface area contributed by atoms with Crippen LogP contribution in [-0.2, 0) is 13.0 Å². The van der Waals surface area contributed by atoms with Crippen LogP contribution in [-0.4, -0.2) is 34.6 Å². The minimum Gasteiger partial charge on any atom is -0.306 e. The molecule has 1 aromatic carbocycles. The second kappa shape index (κ2) is 4.20. The lowest BCUT2D eigenvalue weighted by molar-refractivity contribution is 0.256. The second-order valence-corrected chi connectivity index (χ2v) is 4.68. The Morgan fingerprint density at radius 2 is 2.18 bits per heavy atom. The first-order valence-electron chi connectivity index (χ1n) is 5.53. The number of nitrogens with one attached hydrogen (secondary N) is 1. The van der Waals surface area contributed by atoms with Crippen LogP contribution in [0.1, 0.15) is 5.56 Å². The molecule has 0 fully saturated rings. The van der Waals surface area contributed by atoms with Gasteiger partial charge < -0.3 is 9.88 Å². The normalized spacial score (nSPS) is 18.4. The van der Waals surface area contributed by atoms with E-state index in [4.69, 9.17) is 0 Å². The Labute approximate surface area is 106 Å². The van der Waals surface area contributed by atoms with E-state index in [9.17, 15) is 4.79 Å². The van der Waals surface area contributed by atoms with Crippen molar-refractivity contribution in [2.45, 2.75) is 19.0 Å². The van der Waals surface area contributed by atoms with Crippen LogP contribution in [0, 0.1) is 0 Å². The molecule has 1 aromatic heterocycles. The highest BCUT2D eigenvalue weighted by Gasteiger charge is 2.23. The maximum atomic E-state index is 11.8. The van der Waals surface area contributed by atoms with E-state index in [0.29, 0.717) is 6.04 Å². The highest BCUT2D eigenvalue weighted by atomic mass is 35.5. The van der Waals surface area contributed by atoms with Gasteiger partial charge >= 0.3 is 5.69 Å². The maximum Gasteiger partial charge on any atom is 0.326 e. The van der Waals surface area contributed by atoms with Crippen LogP contribution in [0.2, 0.25) is 0 Å². The van der Waals surface area contributed by atoms with Crippen molar-refractivity contribution >= 4 is 23.4 Å². The number of H-pyrrole nitrogens is 1. The van der Waals surface area contributed by atoms with Gasteiger partial charge in [-0.1, -0.05) is 12.1 Å². The van der Waals surface area contributed by atoms with Gasteiger partial charge in [-0.05, 0) is 32.1 Å². The van der Waals surface area contributed by atoms with Crippen LogP contribution in [0.5, 0.6) is 0 Å². The molecule has 0 aliphatic carbocycles. The molecule has 3 rings (SSSR count). The molecule has 1 aliphatic heterocycles. The largest absolute Gasteiger partial charge is 0.326 e. The summed E-state index contributed by atoms with van der Waals surface area (Å²) >= 11 is 0. The molecule has 1 unspecified atom stereocenters. The van der Waals surface area contributed by atoms with Crippen molar-refractivity contribution in [2.75, 3.05) is 14.1 Å². The number of aromatic nitrogens is 2. The van der Waals surface area contributed by atoms with Gasteiger partial charge in [-0.25, -0.2) is 4.79 Å². The summed E-state index contributed by atoms with van der Waals surface area (Å²) < 4.78 is 1.86. The second-order valence-electron chi connectivity index (χ2n) is 4.68. The molecule has 0 radical (unpaired) electrons. The molecule has 0 saturated heterocycles. The van der Waals surface area contributed by atoms with E-state index in [1.54, 1.807) is 0 Å². The number of rotatable bonds is 1. The number of nitrogens with zero attached hydrogens (tertiary/aromatic N) is 2. The number of likely N-dealkylation sites (N-methyl/N-ethyl adjacent to an activating group) is 1. The van der Waals surface area contributed by atoms with E-state index in [1.807, 2.05) is 16.7 Å². The molecule has 0 amide bonds. The highest BCUT2D eigenvalue weighted by Crippen LogP contribution is 2.23. The Kier molecular flexibility index (Phi) is 3.02. The van der Waals surface area contributed by atoms with E-state index < -0.39 is 0 Å². The number of imidazole rings is 1. The van der Waals surface area contributed by atoms with Crippen LogP contribution in [0.15, 0.2) is 23.0 Å². The van der Waals surface area contributed by atoms with Gasteiger partial charge in [0, 0.05) is 12.6 Å². The predicted molar refractivity (Wildman–Crippen MR) is 71.0 cm³/mol. The first kappa shape index (κ1) is 12.2. The van der Waals surface area contributed by atoms with Gasteiger partial charge in [0.25, 0.3) is 0 Å². The molecule has 0 saturated carbocycles. The smallest absolute Gasteiger partial charge is 0.306 e. The summed E-state index contributed by atoms with van der Waals surface area (Å²) in [4.78, 5) is 16.9. The van der Waals surface area contributed by atoms with Crippen molar-refractivity contribution in [1.29, 1.82) is 0 Å². The number of hydrogen-bond donors (Lipinski definition) is 1. The van der Waals surface area contributed by atoms with Gasteiger partial charge in [-0.3, -0.25) is 4.57 Å². The summed E-state index contributed by atoms with van der Waals surface area (Å²) in [6.07, 6.45) is 1.02. The zero-order chi connectivity index (χ0) is 11.3. The number of hydrogen-bond acceptors (Lipinski definition) is 2. The Balaban J connectivity index is 0.00000108. The highest BCUT2D eigenvalue weighted by molar-refractivity contribution is 5.85. The number of para-hydroxylation sites is 1. The van der Waals surface area contributed by atoms with Gasteiger partial charge in [0.05, 0.1) is 11.0 Å². The van der Waals surface area contributed by atoms with Crippen molar-refractivity contribution in [3.05, 3.63) is 34.2 Å². The molecular weight excluding hydrogens is 238 g/mol. The number of halogens is 1. The van der Waals surface area contributed by atoms with Crippen LogP contribution in [0.25, 0.3) is 11.0 Å². The molecule has 92 valence electrons. The molecule has 0 spiro atoms. The standard InChI is InChI=1S/C12H15N3O.ClH/c1-14(2)9-6-8-4-3-5-10-11(8)15(7-9)12(16)13-10;/h3-5,9H,6-7H2,1-2H3,(H,13,16);1H. The minimum atomic E-state index is 0. The fraction of sp³-hybridized carbons (Fsp3) is 0.417. The van der Waals surface area contributed by atoms with Crippen molar-refractivity contribution in [1.82, 2.24) is 14.5 Å². The van der Waals surface area contributed by atoms with Gasteiger partial charge in [-0.2, -0.15) is 0 Å². The topological polar surface area (TPSA) is 41.0 Å². The average Bonchev–Trinajstić information content (AvgIpc) is 2.58. The number of aromatic amines is 1.